The number of carbonyl (C=O) groups is 1. The molecular formula is C22H37BN4O5. The lowest BCUT2D eigenvalue weighted by molar-refractivity contribution is -0.143. The first-order valence-corrected chi connectivity index (χ1v) is 11.5. The summed E-state index contributed by atoms with van der Waals surface area (Å²) in [5.74, 6) is 0.447. The molecule has 0 spiro atoms. The number of nitrogens with zero attached hydrogens (tertiary/aromatic N) is 4. The third kappa shape index (κ3) is 5.25. The summed E-state index contributed by atoms with van der Waals surface area (Å²) in [7, 11) is -0.502. The number of hydrogen-bond donors (Lipinski definition) is 2. The van der Waals surface area contributed by atoms with Crippen LogP contribution in [0.3, 0.4) is 0 Å². The summed E-state index contributed by atoms with van der Waals surface area (Å²) in [6.45, 7) is 13.5. The molecule has 2 N–H and O–H groups in total. The standard InChI is InChI=1S/C22H37BN4O5/c1-15(2)27(13-16-8-7-9-26(12-16)19(30)18(29)14-28)20-24-10-17(11-25-20)23-31-21(3,4)22(5,6)32-23/h10-11,15-16,18,28-29H,7-9,12-14H2,1-6H3/t16-,18-/m0/s1. The molecule has 2 fully saturated rings. The maximum atomic E-state index is 12.3. The maximum absolute atomic E-state index is 12.3. The monoisotopic (exact) mass is 448 g/mol. The van der Waals surface area contributed by atoms with Gasteiger partial charge in [0.05, 0.1) is 17.8 Å². The summed E-state index contributed by atoms with van der Waals surface area (Å²) in [5, 5.41) is 18.8. The first kappa shape index (κ1) is 24.9. The van der Waals surface area contributed by atoms with Gasteiger partial charge in [-0.2, -0.15) is 0 Å². The van der Waals surface area contributed by atoms with Crippen molar-refractivity contribution in [2.75, 3.05) is 31.1 Å². The van der Waals surface area contributed by atoms with Crippen molar-refractivity contribution in [3.63, 3.8) is 0 Å². The first-order valence-electron chi connectivity index (χ1n) is 11.5. The van der Waals surface area contributed by atoms with E-state index in [0.717, 1.165) is 18.3 Å². The Balaban J connectivity index is 1.68. The third-order valence-electron chi connectivity index (χ3n) is 6.81. The second-order valence-corrected chi connectivity index (χ2v) is 10.1. The molecule has 10 heteroatoms. The van der Waals surface area contributed by atoms with Crippen molar-refractivity contribution in [3.8, 4) is 0 Å². The molecule has 0 aliphatic carbocycles. The molecule has 1 amide bonds. The second-order valence-electron chi connectivity index (χ2n) is 10.1. The van der Waals surface area contributed by atoms with Gasteiger partial charge in [-0.05, 0) is 60.3 Å². The largest absolute Gasteiger partial charge is 0.498 e. The van der Waals surface area contributed by atoms with Crippen LogP contribution >= 0.6 is 0 Å². The van der Waals surface area contributed by atoms with Crippen LogP contribution < -0.4 is 10.4 Å². The van der Waals surface area contributed by atoms with Crippen molar-refractivity contribution >= 4 is 24.4 Å². The van der Waals surface area contributed by atoms with Gasteiger partial charge in [-0.15, -0.1) is 0 Å². The quantitative estimate of drug-likeness (QED) is 0.584. The fraction of sp³-hybridized carbons (Fsp3) is 0.773. The third-order valence-corrected chi connectivity index (χ3v) is 6.81. The Bertz CT molecular complexity index is 773. The van der Waals surface area contributed by atoms with Crippen LogP contribution in [0.5, 0.6) is 0 Å². The number of carbonyl (C=O) groups excluding carboxylic acids is 1. The van der Waals surface area contributed by atoms with Crippen molar-refractivity contribution in [3.05, 3.63) is 12.4 Å². The summed E-state index contributed by atoms with van der Waals surface area (Å²) >= 11 is 0. The zero-order valence-corrected chi connectivity index (χ0v) is 20.1. The number of hydrogen-bond acceptors (Lipinski definition) is 8. The average Bonchev–Trinajstić information content (AvgIpc) is 2.98. The Morgan fingerprint density at radius 3 is 2.38 bits per heavy atom. The lowest BCUT2D eigenvalue weighted by Gasteiger charge is -2.37. The molecular weight excluding hydrogens is 411 g/mol. The van der Waals surface area contributed by atoms with Crippen molar-refractivity contribution in [1.82, 2.24) is 14.9 Å². The van der Waals surface area contributed by atoms with Gasteiger partial charge < -0.3 is 29.3 Å². The smallest absolute Gasteiger partial charge is 0.399 e. The van der Waals surface area contributed by atoms with Crippen molar-refractivity contribution in [1.29, 1.82) is 0 Å². The summed E-state index contributed by atoms with van der Waals surface area (Å²) in [6, 6.07) is 0.173. The summed E-state index contributed by atoms with van der Waals surface area (Å²) < 4.78 is 12.2. The van der Waals surface area contributed by atoms with E-state index < -0.39 is 36.9 Å². The van der Waals surface area contributed by atoms with Gasteiger partial charge in [-0.3, -0.25) is 4.79 Å². The first-order chi connectivity index (χ1) is 14.9. The van der Waals surface area contributed by atoms with E-state index in [0.29, 0.717) is 25.6 Å². The number of aromatic nitrogens is 2. The van der Waals surface area contributed by atoms with Gasteiger partial charge in [0.25, 0.3) is 5.91 Å². The highest BCUT2D eigenvalue weighted by Gasteiger charge is 2.52. The minimum absolute atomic E-state index is 0.173. The number of piperidine rings is 1. The molecule has 2 aliphatic heterocycles. The van der Waals surface area contributed by atoms with Crippen LogP contribution in [0.15, 0.2) is 12.4 Å². The van der Waals surface area contributed by atoms with Crippen LogP contribution in [0, 0.1) is 5.92 Å². The number of likely N-dealkylation sites (tertiary alicyclic amines) is 1. The topological polar surface area (TPSA) is 108 Å². The van der Waals surface area contributed by atoms with Gasteiger partial charge in [-0.25, -0.2) is 9.97 Å². The predicted molar refractivity (Wildman–Crippen MR) is 123 cm³/mol. The summed E-state index contributed by atoms with van der Waals surface area (Å²) in [6.07, 6.45) is 4.01. The molecule has 0 bridgehead atoms. The van der Waals surface area contributed by atoms with Crippen LogP contribution in [-0.2, 0) is 14.1 Å². The zero-order chi connectivity index (χ0) is 23.7. The molecule has 2 atom stereocenters. The van der Waals surface area contributed by atoms with Crippen molar-refractivity contribution in [2.45, 2.75) is 77.7 Å². The van der Waals surface area contributed by atoms with Crippen molar-refractivity contribution in [2.24, 2.45) is 5.92 Å². The highest BCUT2D eigenvalue weighted by Crippen LogP contribution is 2.36. The molecule has 0 saturated carbocycles. The molecule has 0 aromatic carbocycles. The molecule has 2 aliphatic rings. The van der Waals surface area contributed by atoms with Crippen LogP contribution in [0.2, 0.25) is 0 Å². The SMILES string of the molecule is CC(C)N(C[C@H]1CCCN(C(=O)[C@@H](O)CO)C1)c1ncc(B2OC(C)(C)C(C)(C)O2)cn1. The normalized spacial score (nSPS) is 23.5. The van der Waals surface area contributed by atoms with Gasteiger partial charge in [0.2, 0.25) is 5.95 Å². The Morgan fingerprint density at radius 2 is 1.84 bits per heavy atom. The van der Waals surface area contributed by atoms with Gasteiger partial charge in [0.1, 0.15) is 0 Å². The molecule has 32 heavy (non-hydrogen) atoms. The molecule has 9 nitrogen and oxygen atoms in total. The van der Waals surface area contributed by atoms with E-state index >= 15 is 0 Å². The molecule has 3 heterocycles. The minimum Gasteiger partial charge on any atom is -0.399 e. The Morgan fingerprint density at radius 1 is 1.25 bits per heavy atom. The van der Waals surface area contributed by atoms with E-state index in [-0.39, 0.29) is 12.0 Å². The highest BCUT2D eigenvalue weighted by molar-refractivity contribution is 6.61. The van der Waals surface area contributed by atoms with E-state index in [4.69, 9.17) is 14.4 Å². The van der Waals surface area contributed by atoms with Crippen LogP contribution in [0.25, 0.3) is 0 Å². The summed E-state index contributed by atoms with van der Waals surface area (Å²) in [5.41, 5.74) is -0.0638. The van der Waals surface area contributed by atoms with Crippen LogP contribution in [0.4, 0.5) is 5.95 Å². The Hall–Kier alpha value is -1.75. The van der Waals surface area contributed by atoms with Gasteiger partial charge in [-0.1, -0.05) is 0 Å². The average molecular weight is 448 g/mol. The molecule has 1 aromatic rings. The van der Waals surface area contributed by atoms with Crippen LogP contribution in [0.1, 0.15) is 54.4 Å². The predicted octanol–water partition coefficient (Wildman–Crippen LogP) is 0.582. The van der Waals surface area contributed by atoms with Gasteiger partial charge in [0, 0.05) is 43.5 Å². The van der Waals surface area contributed by atoms with Crippen molar-refractivity contribution < 1.29 is 24.3 Å². The number of amides is 1. The molecule has 0 unspecified atom stereocenters. The molecule has 0 radical (unpaired) electrons. The van der Waals surface area contributed by atoms with Crippen LogP contribution in [-0.4, -0.2) is 87.7 Å². The van der Waals surface area contributed by atoms with E-state index in [2.05, 4.69) is 28.7 Å². The molecule has 3 rings (SSSR count). The van der Waals surface area contributed by atoms with E-state index in [1.165, 1.54) is 0 Å². The Labute approximate surface area is 191 Å². The lowest BCUT2D eigenvalue weighted by atomic mass is 9.81. The second kappa shape index (κ2) is 9.63. The van der Waals surface area contributed by atoms with E-state index in [1.807, 2.05) is 27.7 Å². The number of anilines is 1. The minimum atomic E-state index is -1.35. The number of aliphatic hydroxyl groups is 2. The van der Waals surface area contributed by atoms with E-state index in [9.17, 15) is 9.90 Å². The van der Waals surface area contributed by atoms with Gasteiger partial charge >= 0.3 is 7.12 Å². The molecule has 2 saturated heterocycles. The number of rotatable bonds is 7. The van der Waals surface area contributed by atoms with E-state index in [1.54, 1.807) is 17.3 Å². The Kier molecular flexibility index (Phi) is 7.49. The molecule has 178 valence electrons. The fourth-order valence-corrected chi connectivity index (χ4v) is 4.09. The lowest BCUT2D eigenvalue weighted by Crippen LogP contribution is -2.49. The number of aliphatic hydroxyl groups excluding tert-OH is 2. The fourth-order valence-electron chi connectivity index (χ4n) is 4.09. The van der Waals surface area contributed by atoms with Gasteiger partial charge in [0.15, 0.2) is 6.10 Å². The zero-order valence-electron chi connectivity index (χ0n) is 20.1. The maximum Gasteiger partial charge on any atom is 0.498 e. The summed E-state index contributed by atoms with van der Waals surface area (Å²) in [4.78, 5) is 25.3. The highest BCUT2D eigenvalue weighted by atomic mass is 16.7. The molecule has 1 aromatic heterocycles.